The highest BCUT2D eigenvalue weighted by atomic mass is 35.5. The van der Waals surface area contributed by atoms with Crippen LogP contribution in [0.2, 0.25) is 5.15 Å². The number of alkyl halides is 3. The molecule has 0 N–H and O–H groups in total. The minimum absolute atomic E-state index is 0.109. The highest BCUT2D eigenvalue weighted by Gasteiger charge is 2.31. The van der Waals surface area contributed by atoms with Crippen LogP contribution >= 0.6 is 11.6 Å². The molecule has 0 saturated carbocycles. The van der Waals surface area contributed by atoms with Crippen molar-refractivity contribution in [3.8, 4) is 5.88 Å². The molecule has 0 amide bonds. The fraction of sp³-hybridized carbons (Fsp3) is 0.643. The van der Waals surface area contributed by atoms with Crippen LogP contribution in [-0.4, -0.2) is 35.1 Å². The third-order valence-electron chi connectivity index (χ3n) is 3.02. The van der Waals surface area contributed by atoms with Crippen molar-refractivity contribution in [1.29, 1.82) is 0 Å². The zero-order chi connectivity index (χ0) is 16.2. The van der Waals surface area contributed by atoms with Crippen LogP contribution < -0.4 is 4.74 Å². The summed E-state index contributed by atoms with van der Waals surface area (Å²) in [5.41, 5.74) is -0.859. The first-order valence-corrected chi connectivity index (χ1v) is 7.12. The fourth-order valence-electron chi connectivity index (χ4n) is 2.08. The van der Waals surface area contributed by atoms with E-state index >= 15 is 0 Å². The van der Waals surface area contributed by atoms with Crippen LogP contribution in [0.3, 0.4) is 0 Å². The van der Waals surface area contributed by atoms with Gasteiger partial charge in [0, 0.05) is 24.7 Å². The quantitative estimate of drug-likeness (QED) is 0.731. The van der Waals surface area contributed by atoms with Crippen molar-refractivity contribution < 1.29 is 17.9 Å². The lowest BCUT2D eigenvalue weighted by molar-refractivity contribution is -0.137. The molecule has 0 saturated heterocycles. The van der Waals surface area contributed by atoms with Crippen LogP contribution in [0.5, 0.6) is 5.88 Å². The second-order valence-corrected chi connectivity index (χ2v) is 5.68. The van der Waals surface area contributed by atoms with Crippen LogP contribution in [0.15, 0.2) is 12.1 Å². The lowest BCUT2D eigenvalue weighted by atomic mass is 10.2. The third kappa shape index (κ3) is 5.71. The van der Waals surface area contributed by atoms with Crippen LogP contribution in [0.25, 0.3) is 0 Å². The number of halogens is 4. The zero-order valence-electron chi connectivity index (χ0n) is 12.5. The lowest BCUT2D eigenvalue weighted by Crippen LogP contribution is -2.39. The standard InChI is InChI=1S/C14H20ClF3N2O/c1-9(2)20(10(3)4)5-6-21-13-8-11(14(16,17)18)7-12(15)19-13/h7-10H,5-6H2,1-4H3. The Morgan fingerprint density at radius 3 is 2.24 bits per heavy atom. The minimum atomic E-state index is -4.47. The smallest absolute Gasteiger partial charge is 0.416 e. The van der Waals surface area contributed by atoms with E-state index in [0.29, 0.717) is 18.6 Å². The number of rotatable bonds is 6. The molecule has 0 spiro atoms. The zero-order valence-corrected chi connectivity index (χ0v) is 13.3. The van der Waals surface area contributed by atoms with Gasteiger partial charge in [0.25, 0.3) is 0 Å². The van der Waals surface area contributed by atoms with Crippen LogP contribution in [0.4, 0.5) is 13.2 Å². The molecule has 0 bridgehead atoms. The Balaban J connectivity index is 2.70. The molecule has 0 aliphatic rings. The summed E-state index contributed by atoms with van der Waals surface area (Å²) in [5.74, 6) is -0.109. The number of pyridine rings is 1. The van der Waals surface area contributed by atoms with Gasteiger partial charge in [-0.15, -0.1) is 0 Å². The maximum atomic E-state index is 12.7. The van der Waals surface area contributed by atoms with Gasteiger partial charge in [0.2, 0.25) is 5.88 Å². The van der Waals surface area contributed by atoms with Crippen LogP contribution in [-0.2, 0) is 6.18 Å². The van der Waals surface area contributed by atoms with Crippen LogP contribution in [0, 0.1) is 0 Å². The Labute approximate surface area is 128 Å². The molecule has 7 heteroatoms. The van der Waals surface area contributed by atoms with Gasteiger partial charge in [-0.1, -0.05) is 11.6 Å². The van der Waals surface area contributed by atoms with E-state index in [-0.39, 0.29) is 17.6 Å². The van der Waals surface area contributed by atoms with E-state index < -0.39 is 11.7 Å². The van der Waals surface area contributed by atoms with Crippen molar-refractivity contribution in [2.24, 2.45) is 0 Å². The summed E-state index contributed by atoms with van der Waals surface area (Å²) in [4.78, 5) is 5.93. The Hall–Kier alpha value is -1.01. The third-order valence-corrected chi connectivity index (χ3v) is 3.22. The molecule has 0 atom stereocenters. The summed E-state index contributed by atoms with van der Waals surface area (Å²) in [6.07, 6.45) is -4.47. The summed E-state index contributed by atoms with van der Waals surface area (Å²) in [6, 6.07) is 2.29. The second kappa shape index (κ2) is 7.31. The number of hydrogen-bond donors (Lipinski definition) is 0. The molecule has 0 radical (unpaired) electrons. The first kappa shape index (κ1) is 18.0. The first-order valence-electron chi connectivity index (χ1n) is 6.74. The fourth-order valence-corrected chi connectivity index (χ4v) is 2.28. The average Bonchev–Trinajstić information content (AvgIpc) is 2.31. The van der Waals surface area contributed by atoms with Gasteiger partial charge >= 0.3 is 6.18 Å². The first-order chi connectivity index (χ1) is 9.61. The lowest BCUT2D eigenvalue weighted by Gasteiger charge is -2.30. The Kier molecular flexibility index (Phi) is 6.28. The van der Waals surface area contributed by atoms with E-state index in [0.717, 1.165) is 12.1 Å². The van der Waals surface area contributed by atoms with E-state index in [4.69, 9.17) is 16.3 Å². The van der Waals surface area contributed by atoms with Crippen molar-refractivity contribution >= 4 is 11.6 Å². The van der Waals surface area contributed by atoms with Gasteiger partial charge in [-0.25, -0.2) is 4.98 Å². The van der Waals surface area contributed by atoms with E-state index in [2.05, 4.69) is 37.6 Å². The monoisotopic (exact) mass is 324 g/mol. The van der Waals surface area contributed by atoms with Gasteiger partial charge in [-0.3, -0.25) is 4.90 Å². The average molecular weight is 325 g/mol. The largest absolute Gasteiger partial charge is 0.476 e. The summed E-state index contributed by atoms with van der Waals surface area (Å²) in [7, 11) is 0. The van der Waals surface area contributed by atoms with Crippen molar-refractivity contribution in [3.63, 3.8) is 0 Å². The highest BCUT2D eigenvalue weighted by molar-refractivity contribution is 6.29. The molecule has 1 rings (SSSR count). The topological polar surface area (TPSA) is 25.4 Å². The molecule has 0 fully saturated rings. The number of ether oxygens (including phenoxy) is 1. The maximum absolute atomic E-state index is 12.7. The van der Waals surface area contributed by atoms with Crippen molar-refractivity contribution in [2.75, 3.05) is 13.2 Å². The van der Waals surface area contributed by atoms with Gasteiger partial charge < -0.3 is 4.74 Å². The molecule has 1 aromatic rings. The van der Waals surface area contributed by atoms with E-state index in [1.807, 2.05) is 0 Å². The Morgan fingerprint density at radius 2 is 1.76 bits per heavy atom. The molecule has 0 aliphatic carbocycles. The van der Waals surface area contributed by atoms with E-state index in [9.17, 15) is 13.2 Å². The van der Waals surface area contributed by atoms with Gasteiger partial charge in [0.1, 0.15) is 11.8 Å². The van der Waals surface area contributed by atoms with Crippen LogP contribution in [0.1, 0.15) is 33.3 Å². The number of hydrogen-bond acceptors (Lipinski definition) is 3. The summed E-state index contributed by atoms with van der Waals surface area (Å²) >= 11 is 5.60. The van der Waals surface area contributed by atoms with Crippen molar-refractivity contribution in [1.82, 2.24) is 9.88 Å². The molecule has 1 aromatic heterocycles. The SMILES string of the molecule is CC(C)N(CCOc1cc(C(F)(F)F)cc(Cl)n1)C(C)C. The number of aromatic nitrogens is 1. The molecule has 120 valence electrons. The number of nitrogens with zero attached hydrogens (tertiary/aromatic N) is 2. The summed E-state index contributed by atoms with van der Waals surface area (Å²) in [6.45, 7) is 9.07. The molecule has 21 heavy (non-hydrogen) atoms. The summed E-state index contributed by atoms with van der Waals surface area (Å²) < 4.78 is 43.3. The predicted octanol–water partition coefficient (Wildman–Crippen LogP) is 4.25. The predicted molar refractivity (Wildman–Crippen MR) is 76.7 cm³/mol. The molecular formula is C14H20ClF3N2O. The molecule has 0 unspecified atom stereocenters. The second-order valence-electron chi connectivity index (χ2n) is 5.29. The Morgan fingerprint density at radius 1 is 1.19 bits per heavy atom. The Bertz CT molecular complexity index is 456. The molecular weight excluding hydrogens is 305 g/mol. The van der Waals surface area contributed by atoms with Gasteiger partial charge in [0.05, 0.1) is 5.56 Å². The normalized spacial score (nSPS) is 12.5. The molecule has 1 heterocycles. The minimum Gasteiger partial charge on any atom is -0.476 e. The summed E-state index contributed by atoms with van der Waals surface area (Å²) in [5, 5.41) is -0.232. The maximum Gasteiger partial charge on any atom is 0.416 e. The van der Waals surface area contributed by atoms with Gasteiger partial charge in [-0.05, 0) is 33.8 Å². The highest BCUT2D eigenvalue weighted by Crippen LogP contribution is 2.32. The molecule has 0 aliphatic heterocycles. The van der Waals surface area contributed by atoms with Crippen molar-refractivity contribution in [2.45, 2.75) is 46.0 Å². The van der Waals surface area contributed by atoms with Gasteiger partial charge in [-0.2, -0.15) is 13.2 Å². The van der Waals surface area contributed by atoms with Gasteiger partial charge in [0.15, 0.2) is 0 Å². The molecule has 3 nitrogen and oxygen atoms in total. The van der Waals surface area contributed by atoms with Crippen molar-refractivity contribution in [3.05, 3.63) is 22.8 Å². The van der Waals surface area contributed by atoms with E-state index in [1.165, 1.54) is 0 Å². The van der Waals surface area contributed by atoms with E-state index in [1.54, 1.807) is 0 Å². The molecule has 0 aromatic carbocycles.